The second-order valence-electron chi connectivity index (χ2n) is 5.30. The molecule has 17 heavy (non-hydrogen) atoms. The Morgan fingerprint density at radius 2 is 1.65 bits per heavy atom. The standard InChI is InChI=1S/C15H23NO/c1-9(2)15(17)13-7-12(6)14(8-11(13)5)16-10(3)4/h7-10,16H,1-6H3. The quantitative estimate of drug-likeness (QED) is 0.797. The number of ketones is 1. The summed E-state index contributed by atoms with van der Waals surface area (Å²) >= 11 is 0. The molecule has 0 saturated carbocycles. The van der Waals surface area contributed by atoms with E-state index in [4.69, 9.17) is 0 Å². The summed E-state index contributed by atoms with van der Waals surface area (Å²) in [5.41, 5.74) is 4.16. The van der Waals surface area contributed by atoms with Gasteiger partial charge in [0.25, 0.3) is 0 Å². The summed E-state index contributed by atoms with van der Waals surface area (Å²) in [5, 5.41) is 3.40. The second kappa shape index (κ2) is 5.35. The van der Waals surface area contributed by atoms with Crippen LogP contribution in [-0.2, 0) is 0 Å². The second-order valence-corrected chi connectivity index (χ2v) is 5.30. The van der Waals surface area contributed by atoms with Gasteiger partial charge in [0.15, 0.2) is 5.78 Å². The van der Waals surface area contributed by atoms with Gasteiger partial charge in [-0.25, -0.2) is 0 Å². The summed E-state index contributed by atoms with van der Waals surface area (Å²) in [4.78, 5) is 12.0. The van der Waals surface area contributed by atoms with Crippen LogP contribution in [0, 0.1) is 19.8 Å². The van der Waals surface area contributed by atoms with Crippen LogP contribution in [0.3, 0.4) is 0 Å². The Labute approximate surface area is 104 Å². The van der Waals surface area contributed by atoms with Crippen molar-refractivity contribution in [3.8, 4) is 0 Å². The lowest BCUT2D eigenvalue weighted by Crippen LogP contribution is -2.13. The van der Waals surface area contributed by atoms with Crippen LogP contribution in [-0.4, -0.2) is 11.8 Å². The fraction of sp³-hybridized carbons (Fsp3) is 0.533. The maximum Gasteiger partial charge on any atom is 0.165 e. The summed E-state index contributed by atoms with van der Waals surface area (Å²) in [7, 11) is 0. The Hall–Kier alpha value is -1.31. The number of carbonyl (C=O) groups is 1. The first-order valence-corrected chi connectivity index (χ1v) is 6.25. The highest BCUT2D eigenvalue weighted by molar-refractivity contribution is 5.99. The maximum atomic E-state index is 12.0. The van der Waals surface area contributed by atoms with Crippen molar-refractivity contribution < 1.29 is 4.79 Å². The van der Waals surface area contributed by atoms with Crippen LogP contribution in [0.5, 0.6) is 0 Å². The number of rotatable bonds is 4. The largest absolute Gasteiger partial charge is 0.383 e. The Bertz CT molecular complexity index is 419. The third kappa shape index (κ3) is 3.32. The number of Topliss-reactive ketones (excluding diaryl/α,β-unsaturated/α-hetero) is 1. The first-order valence-electron chi connectivity index (χ1n) is 6.25. The van der Waals surface area contributed by atoms with Gasteiger partial charge in [-0.15, -0.1) is 0 Å². The van der Waals surface area contributed by atoms with Gasteiger partial charge in [0.05, 0.1) is 0 Å². The van der Waals surface area contributed by atoms with Gasteiger partial charge in [0.1, 0.15) is 0 Å². The van der Waals surface area contributed by atoms with Crippen LogP contribution in [0.4, 0.5) is 5.69 Å². The Kier molecular flexibility index (Phi) is 4.33. The molecule has 1 rings (SSSR count). The van der Waals surface area contributed by atoms with Crippen molar-refractivity contribution in [3.63, 3.8) is 0 Å². The lowest BCUT2D eigenvalue weighted by molar-refractivity contribution is 0.0938. The minimum absolute atomic E-state index is 0.0528. The topological polar surface area (TPSA) is 29.1 Å². The zero-order chi connectivity index (χ0) is 13.2. The zero-order valence-corrected chi connectivity index (χ0v) is 11.7. The van der Waals surface area contributed by atoms with Crippen LogP contribution < -0.4 is 5.32 Å². The molecule has 2 heteroatoms. The van der Waals surface area contributed by atoms with E-state index in [9.17, 15) is 4.79 Å². The Morgan fingerprint density at radius 1 is 1.06 bits per heavy atom. The molecule has 0 bridgehead atoms. The summed E-state index contributed by atoms with van der Waals surface area (Å²) in [5.74, 6) is 0.277. The van der Waals surface area contributed by atoms with E-state index in [1.165, 1.54) is 0 Å². The van der Waals surface area contributed by atoms with Crippen molar-refractivity contribution in [1.29, 1.82) is 0 Å². The zero-order valence-electron chi connectivity index (χ0n) is 11.7. The summed E-state index contributed by atoms with van der Waals surface area (Å²) in [6, 6.07) is 4.48. The van der Waals surface area contributed by atoms with E-state index in [2.05, 4.69) is 25.2 Å². The Balaban J connectivity index is 3.13. The molecule has 0 atom stereocenters. The van der Waals surface area contributed by atoms with E-state index >= 15 is 0 Å². The first kappa shape index (κ1) is 13.8. The van der Waals surface area contributed by atoms with E-state index in [-0.39, 0.29) is 11.7 Å². The molecule has 0 radical (unpaired) electrons. The van der Waals surface area contributed by atoms with E-state index in [0.717, 1.165) is 22.4 Å². The molecule has 0 unspecified atom stereocenters. The smallest absolute Gasteiger partial charge is 0.165 e. The maximum absolute atomic E-state index is 12.0. The van der Waals surface area contributed by atoms with Gasteiger partial charge in [-0.3, -0.25) is 4.79 Å². The van der Waals surface area contributed by atoms with Gasteiger partial charge in [-0.05, 0) is 51.0 Å². The van der Waals surface area contributed by atoms with Crippen LogP contribution in [0.1, 0.15) is 49.2 Å². The molecule has 0 aliphatic carbocycles. The summed E-state index contributed by atoms with van der Waals surface area (Å²) in [6.07, 6.45) is 0. The number of anilines is 1. The molecule has 0 aliphatic rings. The van der Waals surface area contributed by atoms with Crippen molar-refractivity contribution in [2.24, 2.45) is 5.92 Å². The Morgan fingerprint density at radius 3 is 2.12 bits per heavy atom. The number of hydrogen-bond acceptors (Lipinski definition) is 2. The van der Waals surface area contributed by atoms with Gasteiger partial charge in [0, 0.05) is 23.2 Å². The number of carbonyl (C=O) groups excluding carboxylic acids is 1. The highest BCUT2D eigenvalue weighted by atomic mass is 16.1. The van der Waals surface area contributed by atoms with Gasteiger partial charge in [-0.1, -0.05) is 13.8 Å². The lowest BCUT2D eigenvalue weighted by Gasteiger charge is -2.16. The first-order chi connectivity index (χ1) is 7.82. The van der Waals surface area contributed by atoms with Crippen LogP contribution in [0.25, 0.3) is 0 Å². The van der Waals surface area contributed by atoms with Crippen molar-refractivity contribution in [2.45, 2.75) is 47.6 Å². The van der Waals surface area contributed by atoms with E-state index < -0.39 is 0 Å². The number of aryl methyl sites for hydroxylation is 2. The van der Waals surface area contributed by atoms with Crippen molar-refractivity contribution in [2.75, 3.05) is 5.32 Å². The molecule has 1 N–H and O–H groups in total. The molecular formula is C15H23NO. The van der Waals surface area contributed by atoms with Gasteiger partial charge >= 0.3 is 0 Å². The lowest BCUT2D eigenvalue weighted by atomic mass is 9.94. The minimum Gasteiger partial charge on any atom is -0.383 e. The molecule has 0 spiro atoms. The molecule has 0 saturated heterocycles. The van der Waals surface area contributed by atoms with Crippen molar-refractivity contribution >= 4 is 11.5 Å². The van der Waals surface area contributed by atoms with E-state index in [1.54, 1.807) is 0 Å². The molecule has 0 aliphatic heterocycles. The fourth-order valence-corrected chi connectivity index (χ4v) is 1.86. The third-order valence-corrected chi connectivity index (χ3v) is 2.81. The average Bonchev–Trinajstić information content (AvgIpc) is 2.21. The minimum atomic E-state index is 0.0528. The molecule has 2 nitrogen and oxygen atoms in total. The van der Waals surface area contributed by atoms with Gasteiger partial charge in [-0.2, -0.15) is 0 Å². The van der Waals surface area contributed by atoms with E-state index in [1.807, 2.05) is 33.8 Å². The monoisotopic (exact) mass is 233 g/mol. The predicted molar refractivity (Wildman–Crippen MR) is 73.8 cm³/mol. The van der Waals surface area contributed by atoms with Gasteiger partial charge < -0.3 is 5.32 Å². The molecule has 0 aromatic heterocycles. The highest BCUT2D eigenvalue weighted by Crippen LogP contribution is 2.23. The van der Waals surface area contributed by atoms with Crippen molar-refractivity contribution in [1.82, 2.24) is 0 Å². The number of benzene rings is 1. The molecular weight excluding hydrogens is 210 g/mol. The fourth-order valence-electron chi connectivity index (χ4n) is 1.86. The predicted octanol–water partition coefficient (Wildman–Crippen LogP) is 3.96. The third-order valence-electron chi connectivity index (χ3n) is 2.81. The average molecular weight is 233 g/mol. The van der Waals surface area contributed by atoms with Crippen LogP contribution in [0.15, 0.2) is 12.1 Å². The number of nitrogens with one attached hydrogen (secondary N) is 1. The van der Waals surface area contributed by atoms with E-state index in [0.29, 0.717) is 6.04 Å². The highest BCUT2D eigenvalue weighted by Gasteiger charge is 2.14. The molecule has 0 heterocycles. The summed E-state index contributed by atoms with van der Waals surface area (Å²) in [6.45, 7) is 12.2. The van der Waals surface area contributed by atoms with Crippen LogP contribution >= 0.6 is 0 Å². The molecule has 1 aromatic rings. The number of hydrogen-bond donors (Lipinski definition) is 1. The summed E-state index contributed by atoms with van der Waals surface area (Å²) < 4.78 is 0. The van der Waals surface area contributed by atoms with Crippen LogP contribution in [0.2, 0.25) is 0 Å². The molecule has 0 amide bonds. The van der Waals surface area contributed by atoms with Gasteiger partial charge in [0.2, 0.25) is 0 Å². The SMILES string of the molecule is Cc1cc(C(=O)C(C)C)c(C)cc1NC(C)C. The molecule has 1 aromatic carbocycles. The molecule has 94 valence electrons. The molecule has 0 fully saturated rings. The normalized spacial score (nSPS) is 11.1. The van der Waals surface area contributed by atoms with Crippen molar-refractivity contribution in [3.05, 3.63) is 28.8 Å².